The Bertz CT molecular complexity index is 340. The lowest BCUT2D eigenvalue weighted by atomic mass is 9.94. The number of rotatable bonds is 5. The minimum atomic E-state index is -1.42. The predicted octanol–water partition coefficient (Wildman–Crippen LogP) is -0.780. The van der Waals surface area contributed by atoms with Gasteiger partial charge in [0.05, 0.1) is 12.2 Å². The van der Waals surface area contributed by atoms with Crippen molar-refractivity contribution in [3.05, 3.63) is 0 Å². The quantitative estimate of drug-likeness (QED) is 0.618. The second-order valence-electron chi connectivity index (χ2n) is 6.65. The van der Waals surface area contributed by atoms with Crippen molar-refractivity contribution >= 4 is 5.78 Å². The molecular weight excluding hydrogens is 272 g/mol. The molecule has 0 bridgehead atoms. The summed E-state index contributed by atoms with van der Waals surface area (Å²) in [7, 11) is 0. The number of β-amino-alcohol motifs (C(OH)–C–C–N with tert-alkyl or cyclic N) is 3. The summed E-state index contributed by atoms with van der Waals surface area (Å²) in [5.41, 5.74) is -1.42. The summed E-state index contributed by atoms with van der Waals surface area (Å²) < 4.78 is 0. The highest BCUT2D eigenvalue weighted by Gasteiger charge is 2.38. The molecule has 0 aromatic heterocycles. The number of aliphatic hydroxyl groups excluding tert-OH is 2. The van der Waals surface area contributed by atoms with Gasteiger partial charge < -0.3 is 15.3 Å². The lowest BCUT2D eigenvalue weighted by molar-refractivity contribution is -0.141. The third-order valence-electron chi connectivity index (χ3n) is 4.59. The van der Waals surface area contributed by atoms with E-state index in [9.17, 15) is 20.1 Å². The average molecular weight is 300 g/mol. The van der Waals surface area contributed by atoms with Crippen LogP contribution >= 0.6 is 0 Å². The molecule has 0 aromatic carbocycles. The van der Waals surface area contributed by atoms with E-state index >= 15 is 0 Å². The molecule has 0 spiro atoms. The standard InChI is InChI=1S/C15H28N2O4/c1-12(18)15(21,10-16-6-2-4-13(19)8-16)11-17-7-3-5-14(20)9-17/h13-14,19-21H,2-11H2,1H3. The molecule has 21 heavy (non-hydrogen) atoms. The average Bonchev–Trinajstić information content (AvgIpc) is 2.38. The van der Waals surface area contributed by atoms with Crippen LogP contribution in [0.15, 0.2) is 0 Å². The lowest BCUT2D eigenvalue weighted by Crippen LogP contribution is -2.58. The Morgan fingerprint density at radius 1 is 1.05 bits per heavy atom. The van der Waals surface area contributed by atoms with Crippen LogP contribution in [0, 0.1) is 0 Å². The maximum atomic E-state index is 11.9. The van der Waals surface area contributed by atoms with Crippen LogP contribution < -0.4 is 0 Å². The fourth-order valence-electron chi connectivity index (χ4n) is 3.36. The summed E-state index contributed by atoms with van der Waals surface area (Å²) in [5.74, 6) is -0.248. The van der Waals surface area contributed by atoms with Gasteiger partial charge in [0.1, 0.15) is 5.60 Å². The first-order valence-corrected chi connectivity index (χ1v) is 7.93. The van der Waals surface area contributed by atoms with Crippen molar-refractivity contribution in [2.45, 2.75) is 50.4 Å². The van der Waals surface area contributed by atoms with Crippen molar-refractivity contribution in [3.63, 3.8) is 0 Å². The van der Waals surface area contributed by atoms with E-state index in [1.165, 1.54) is 6.92 Å². The molecule has 2 heterocycles. The van der Waals surface area contributed by atoms with Crippen molar-refractivity contribution < 1.29 is 20.1 Å². The Labute approximate surface area is 126 Å². The molecule has 0 radical (unpaired) electrons. The number of hydrogen-bond acceptors (Lipinski definition) is 6. The summed E-state index contributed by atoms with van der Waals surface area (Å²) in [6.07, 6.45) is 2.61. The summed E-state index contributed by atoms with van der Waals surface area (Å²) in [4.78, 5) is 15.9. The fraction of sp³-hybridized carbons (Fsp3) is 0.933. The molecule has 2 fully saturated rings. The molecule has 2 aliphatic heterocycles. The number of hydrogen-bond donors (Lipinski definition) is 3. The topological polar surface area (TPSA) is 84.2 Å². The number of Topliss-reactive ketones (excluding diaryl/α,β-unsaturated/α-hetero) is 1. The minimum Gasteiger partial charge on any atom is -0.392 e. The fourth-order valence-corrected chi connectivity index (χ4v) is 3.36. The SMILES string of the molecule is CC(=O)C(O)(CN1CCCC(O)C1)CN1CCCC(O)C1. The highest BCUT2D eigenvalue weighted by Crippen LogP contribution is 2.19. The molecule has 2 saturated heterocycles. The van der Waals surface area contributed by atoms with Gasteiger partial charge in [-0.15, -0.1) is 0 Å². The second kappa shape index (κ2) is 7.15. The van der Waals surface area contributed by atoms with Crippen LogP contribution in [0.4, 0.5) is 0 Å². The molecule has 0 aromatic rings. The van der Waals surface area contributed by atoms with Crippen LogP contribution in [0.5, 0.6) is 0 Å². The maximum Gasteiger partial charge on any atom is 0.163 e. The molecule has 2 atom stereocenters. The van der Waals surface area contributed by atoms with Crippen LogP contribution in [-0.2, 0) is 4.79 Å². The Balaban J connectivity index is 1.96. The molecule has 6 heteroatoms. The van der Waals surface area contributed by atoms with Gasteiger partial charge in [0.15, 0.2) is 5.78 Å². The Morgan fingerprint density at radius 3 is 1.81 bits per heavy atom. The first-order valence-electron chi connectivity index (χ1n) is 7.93. The molecule has 122 valence electrons. The van der Waals surface area contributed by atoms with Crippen LogP contribution in [0.1, 0.15) is 32.6 Å². The van der Waals surface area contributed by atoms with E-state index in [4.69, 9.17) is 0 Å². The van der Waals surface area contributed by atoms with Crippen molar-refractivity contribution in [3.8, 4) is 0 Å². The van der Waals surface area contributed by atoms with Gasteiger partial charge in [-0.2, -0.15) is 0 Å². The molecular formula is C15H28N2O4. The second-order valence-corrected chi connectivity index (χ2v) is 6.65. The van der Waals surface area contributed by atoms with Crippen molar-refractivity contribution in [1.82, 2.24) is 9.80 Å². The van der Waals surface area contributed by atoms with Crippen LogP contribution in [0.2, 0.25) is 0 Å². The summed E-state index contributed by atoms with van der Waals surface area (Å²) in [6.45, 7) is 4.56. The lowest BCUT2D eigenvalue weighted by Gasteiger charge is -2.40. The van der Waals surface area contributed by atoms with E-state index in [-0.39, 0.29) is 31.1 Å². The predicted molar refractivity (Wildman–Crippen MR) is 79.0 cm³/mol. The van der Waals surface area contributed by atoms with Gasteiger partial charge in [0.25, 0.3) is 0 Å². The Morgan fingerprint density at radius 2 is 1.48 bits per heavy atom. The Hall–Kier alpha value is -0.530. The zero-order valence-corrected chi connectivity index (χ0v) is 12.9. The highest BCUT2D eigenvalue weighted by atomic mass is 16.3. The van der Waals surface area contributed by atoms with Gasteiger partial charge in [0, 0.05) is 26.2 Å². The number of aliphatic hydroxyl groups is 3. The summed E-state index contributed by atoms with van der Waals surface area (Å²) in [6, 6.07) is 0. The molecule has 2 rings (SSSR count). The number of carbonyl (C=O) groups excluding carboxylic acids is 1. The van der Waals surface area contributed by atoms with Crippen molar-refractivity contribution in [2.24, 2.45) is 0 Å². The maximum absolute atomic E-state index is 11.9. The van der Waals surface area contributed by atoms with Crippen molar-refractivity contribution in [2.75, 3.05) is 39.3 Å². The van der Waals surface area contributed by atoms with Crippen LogP contribution in [-0.4, -0.2) is 88.0 Å². The smallest absolute Gasteiger partial charge is 0.163 e. The van der Waals surface area contributed by atoms with Crippen LogP contribution in [0.25, 0.3) is 0 Å². The van der Waals surface area contributed by atoms with Gasteiger partial charge in [-0.05, 0) is 45.7 Å². The third-order valence-corrected chi connectivity index (χ3v) is 4.59. The van der Waals surface area contributed by atoms with Gasteiger partial charge in [0.2, 0.25) is 0 Å². The zero-order valence-electron chi connectivity index (χ0n) is 12.9. The van der Waals surface area contributed by atoms with E-state index in [1.54, 1.807) is 0 Å². The number of likely N-dealkylation sites (tertiary alicyclic amines) is 2. The van der Waals surface area contributed by atoms with Gasteiger partial charge in [-0.1, -0.05) is 0 Å². The minimum absolute atomic E-state index is 0.248. The van der Waals surface area contributed by atoms with E-state index < -0.39 is 5.60 Å². The number of ketones is 1. The first-order chi connectivity index (χ1) is 9.89. The Kier molecular flexibility index (Phi) is 5.73. The number of carbonyl (C=O) groups is 1. The largest absolute Gasteiger partial charge is 0.392 e. The molecule has 0 aliphatic carbocycles. The number of piperidine rings is 2. The van der Waals surface area contributed by atoms with E-state index in [0.717, 1.165) is 38.8 Å². The monoisotopic (exact) mass is 300 g/mol. The van der Waals surface area contributed by atoms with Gasteiger partial charge in [-0.25, -0.2) is 0 Å². The molecule has 2 unspecified atom stereocenters. The van der Waals surface area contributed by atoms with Gasteiger partial charge >= 0.3 is 0 Å². The normalized spacial score (nSPS) is 31.8. The third kappa shape index (κ3) is 4.72. The van der Waals surface area contributed by atoms with E-state index in [0.29, 0.717) is 13.1 Å². The zero-order chi connectivity index (χ0) is 15.5. The van der Waals surface area contributed by atoms with Gasteiger partial charge in [-0.3, -0.25) is 14.6 Å². The van der Waals surface area contributed by atoms with E-state index in [1.807, 2.05) is 9.80 Å². The molecule has 0 saturated carbocycles. The summed E-state index contributed by atoms with van der Waals surface area (Å²) >= 11 is 0. The molecule has 6 nitrogen and oxygen atoms in total. The highest BCUT2D eigenvalue weighted by molar-refractivity contribution is 5.85. The molecule has 3 N–H and O–H groups in total. The number of nitrogens with zero attached hydrogens (tertiary/aromatic N) is 2. The van der Waals surface area contributed by atoms with Crippen molar-refractivity contribution in [1.29, 1.82) is 0 Å². The summed E-state index contributed by atoms with van der Waals surface area (Å²) in [5, 5.41) is 30.2. The van der Waals surface area contributed by atoms with E-state index in [2.05, 4.69) is 0 Å². The first kappa shape index (κ1) is 16.8. The molecule has 2 aliphatic rings. The molecule has 0 amide bonds. The van der Waals surface area contributed by atoms with Crippen LogP contribution in [0.3, 0.4) is 0 Å².